The quantitative estimate of drug-likeness (QED) is 0.642. The number of hydrogen-bond acceptors (Lipinski definition) is 8. The number of tetrazole rings is 1. The first kappa shape index (κ1) is 26.9. The van der Waals surface area contributed by atoms with Crippen LogP contribution < -0.4 is 10.2 Å². The van der Waals surface area contributed by atoms with Crippen molar-refractivity contribution in [3.8, 4) is 5.69 Å². The largest absolute Gasteiger partial charge is 0.337 e. The molecule has 3 fully saturated rings. The summed E-state index contributed by atoms with van der Waals surface area (Å²) in [5, 5.41) is 15.8. The molecule has 0 bridgehead atoms. The van der Waals surface area contributed by atoms with Crippen LogP contribution in [0.5, 0.6) is 0 Å². The molecule has 178 valence electrons. The first-order chi connectivity index (χ1) is 14.3. The Balaban J connectivity index is 0.00000121. The van der Waals surface area contributed by atoms with E-state index in [0.717, 1.165) is 69.0 Å². The van der Waals surface area contributed by atoms with E-state index in [9.17, 15) is 4.79 Å². The van der Waals surface area contributed by atoms with Gasteiger partial charge in [-0.05, 0) is 29.0 Å². The van der Waals surface area contributed by atoms with Gasteiger partial charge in [0.1, 0.15) is 0 Å². The van der Waals surface area contributed by atoms with Crippen molar-refractivity contribution in [3.05, 3.63) is 30.3 Å². The lowest BCUT2D eigenvalue weighted by molar-refractivity contribution is -0.131. The van der Waals surface area contributed by atoms with Gasteiger partial charge in [0.05, 0.1) is 17.6 Å². The van der Waals surface area contributed by atoms with E-state index in [1.165, 1.54) is 0 Å². The van der Waals surface area contributed by atoms with Crippen LogP contribution in [0.15, 0.2) is 30.3 Å². The molecular formula is C19H29Cl3N8OS. The molecule has 0 unspecified atom stereocenters. The number of benzene rings is 1. The number of piperazine rings is 1. The summed E-state index contributed by atoms with van der Waals surface area (Å²) < 4.78 is 1.80. The van der Waals surface area contributed by atoms with Gasteiger partial charge in [0, 0.05) is 51.1 Å². The maximum absolute atomic E-state index is 12.7. The zero-order valence-corrected chi connectivity index (χ0v) is 20.8. The minimum atomic E-state index is -0.0258. The van der Waals surface area contributed by atoms with Gasteiger partial charge < -0.3 is 15.1 Å². The fraction of sp³-hybridized carbons (Fsp3) is 0.579. The number of hydrogen-bond donors (Lipinski definition) is 1. The summed E-state index contributed by atoms with van der Waals surface area (Å²) in [4.78, 5) is 19.4. The van der Waals surface area contributed by atoms with Crippen LogP contribution in [0.3, 0.4) is 0 Å². The van der Waals surface area contributed by atoms with Crippen molar-refractivity contribution < 1.29 is 4.79 Å². The second kappa shape index (κ2) is 12.2. The highest BCUT2D eigenvalue weighted by molar-refractivity contribution is 7.99. The molecule has 32 heavy (non-hydrogen) atoms. The van der Waals surface area contributed by atoms with Gasteiger partial charge in [-0.25, -0.2) is 0 Å². The molecule has 0 saturated carbocycles. The van der Waals surface area contributed by atoms with Crippen molar-refractivity contribution in [2.75, 3.05) is 55.8 Å². The van der Waals surface area contributed by atoms with Crippen LogP contribution in [0.4, 0.5) is 5.95 Å². The SMILES string of the molecule is Cl.Cl.Cl.O=C([C@@H]1C[C@H](N2CCN(c3nnnn3-c3ccccc3)CC2)CN1)N1CCSC1. The van der Waals surface area contributed by atoms with Gasteiger partial charge in [-0.2, -0.15) is 4.68 Å². The summed E-state index contributed by atoms with van der Waals surface area (Å²) in [7, 11) is 0. The monoisotopic (exact) mass is 522 g/mol. The highest BCUT2D eigenvalue weighted by Gasteiger charge is 2.37. The first-order valence-electron chi connectivity index (χ1n) is 10.2. The molecule has 3 saturated heterocycles. The van der Waals surface area contributed by atoms with Crippen molar-refractivity contribution in [2.24, 2.45) is 0 Å². The minimum absolute atomic E-state index is 0. The highest BCUT2D eigenvalue weighted by Crippen LogP contribution is 2.22. The maximum Gasteiger partial charge on any atom is 0.250 e. The minimum Gasteiger partial charge on any atom is -0.337 e. The van der Waals surface area contributed by atoms with Gasteiger partial charge in [-0.1, -0.05) is 23.3 Å². The Morgan fingerprint density at radius 3 is 2.47 bits per heavy atom. The molecule has 1 aromatic carbocycles. The number of thioether (sulfide) groups is 1. The molecule has 5 rings (SSSR count). The first-order valence-corrected chi connectivity index (χ1v) is 11.4. The number of nitrogens with one attached hydrogen (secondary N) is 1. The van der Waals surface area contributed by atoms with Crippen molar-refractivity contribution >= 4 is 60.8 Å². The van der Waals surface area contributed by atoms with Crippen LogP contribution in [-0.2, 0) is 4.79 Å². The lowest BCUT2D eigenvalue weighted by Crippen LogP contribution is -2.51. The fourth-order valence-electron chi connectivity index (χ4n) is 4.39. The lowest BCUT2D eigenvalue weighted by Gasteiger charge is -2.37. The second-order valence-corrected chi connectivity index (χ2v) is 8.81. The average molecular weight is 524 g/mol. The smallest absolute Gasteiger partial charge is 0.250 e. The van der Waals surface area contributed by atoms with Crippen molar-refractivity contribution in [1.29, 1.82) is 0 Å². The Kier molecular flexibility index (Phi) is 10.3. The van der Waals surface area contributed by atoms with Gasteiger partial charge in [0.2, 0.25) is 11.9 Å². The van der Waals surface area contributed by atoms with Crippen LogP contribution in [0.1, 0.15) is 6.42 Å². The number of aromatic nitrogens is 4. The molecule has 4 heterocycles. The van der Waals surface area contributed by atoms with Gasteiger partial charge >= 0.3 is 0 Å². The normalized spacial score (nSPS) is 23.2. The molecule has 9 nitrogen and oxygen atoms in total. The Morgan fingerprint density at radius 2 is 1.78 bits per heavy atom. The predicted octanol–water partition coefficient (Wildman–Crippen LogP) is 1.31. The standard InChI is InChI=1S/C19H26N8OS.3ClH/c28-18(26-10-11-29-14-26)17-12-16(13-20-17)24-6-8-25(9-7-24)19-21-22-23-27(19)15-4-2-1-3-5-15;;;/h1-5,16-17,20H,6-14H2;3*1H/t16-,17-;;;/m0.../s1. The van der Waals surface area contributed by atoms with Crippen LogP contribution in [0.25, 0.3) is 5.69 Å². The number of anilines is 1. The molecule has 0 aliphatic carbocycles. The lowest BCUT2D eigenvalue weighted by atomic mass is 10.1. The van der Waals surface area contributed by atoms with Crippen molar-refractivity contribution in [2.45, 2.75) is 18.5 Å². The van der Waals surface area contributed by atoms with Crippen LogP contribution in [0, 0.1) is 0 Å². The number of amides is 1. The van der Waals surface area contributed by atoms with E-state index in [4.69, 9.17) is 0 Å². The number of rotatable bonds is 4. The van der Waals surface area contributed by atoms with E-state index in [2.05, 4.69) is 30.6 Å². The molecule has 1 amide bonds. The summed E-state index contributed by atoms with van der Waals surface area (Å²) in [5.74, 6) is 2.97. The summed E-state index contributed by atoms with van der Waals surface area (Å²) >= 11 is 1.84. The third-order valence-electron chi connectivity index (χ3n) is 6.04. The summed E-state index contributed by atoms with van der Waals surface area (Å²) in [6, 6.07) is 10.4. The van der Waals surface area contributed by atoms with Crippen LogP contribution in [0.2, 0.25) is 0 Å². The van der Waals surface area contributed by atoms with Gasteiger partial charge in [-0.3, -0.25) is 9.69 Å². The molecule has 1 aromatic heterocycles. The van der Waals surface area contributed by atoms with E-state index >= 15 is 0 Å². The third-order valence-corrected chi connectivity index (χ3v) is 7.00. The molecule has 13 heteroatoms. The molecular weight excluding hydrogens is 495 g/mol. The zero-order valence-electron chi connectivity index (χ0n) is 17.6. The highest BCUT2D eigenvalue weighted by atomic mass is 35.5. The van der Waals surface area contributed by atoms with E-state index in [1.54, 1.807) is 4.68 Å². The molecule has 2 atom stereocenters. The Hall–Kier alpha value is -1.30. The molecule has 3 aliphatic rings. The van der Waals surface area contributed by atoms with Gasteiger partial charge in [0.25, 0.3) is 0 Å². The summed E-state index contributed by atoms with van der Waals surface area (Å²) in [6.45, 7) is 5.44. The van der Waals surface area contributed by atoms with E-state index in [0.29, 0.717) is 6.04 Å². The Labute approximate surface area is 210 Å². The Bertz CT molecular complexity index is 846. The van der Waals surface area contributed by atoms with Crippen molar-refractivity contribution in [3.63, 3.8) is 0 Å². The molecule has 2 aromatic rings. The average Bonchev–Trinajstić information content (AvgIpc) is 3.56. The zero-order chi connectivity index (χ0) is 19.6. The molecule has 3 aliphatic heterocycles. The fourth-order valence-corrected chi connectivity index (χ4v) is 5.35. The Morgan fingerprint density at radius 1 is 1.03 bits per heavy atom. The maximum atomic E-state index is 12.7. The topological polar surface area (TPSA) is 82.4 Å². The number of para-hydroxylation sites is 1. The van der Waals surface area contributed by atoms with Gasteiger partial charge in [0.15, 0.2) is 0 Å². The summed E-state index contributed by atoms with van der Waals surface area (Å²) in [6.07, 6.45) is 0.905. The van der Waals surface area contributed by atoms with Crippen LogP contribution >= 0.6 is 49.0 Å². The second-order valence-electron chi connectivity index (χ2n) is 7.74. The van der Waals surface area contributed by atoms with Crippen LogP contribution in [-0.4, -0.2) is 98.9 Å². The molecule has 0 spiro atoms. The molecule has 1 N–H and O–H groups in total. The number of carbonyl (C=O) groups excluding carboxylic acids is 1. The van der Waals surface area contributed by atoms with E-state index < -0.39 is 0 Å². The predicted molar refractivity (Wildman–Crippen MR) is 134 cm³/mol. The van der Waals surface area contributed by atoms with E-state index in [-0.39, 0.29) is 49.2 Å². The number of carbonyl (C=O) groups is 1. The summed E-state index contributed by atoms with van der Waals surface area (Å²) in [5.41, 5.74) is 0.969. The number of halogens is 3. The number of nitrogens with zero attached hydrogens (tertiary/aromatic N) is 7. The van der Waals surface area contributed by atoms with E-state index in [1.807, 2.05) is 47.0 Å². The van der Waals surface area contributed by atoms with Gasteiger partial charge in [-0.15, -0.1) is 49.0 Å². The third kappa shape index (κ3) is 5.60. The molecule has 0 radical (unpaired) electrons. The van der Waals surface area contributed by atoms with Crippen molar-refractivity contribution in [1.82, 2.24) is 35.3 Å².